The van der Waals surface area contributed by atoms with E-state index >= 15 is 0 Å². The molecule has 0 aliphatic carbocycles. The predicted octanol–water partition coefficient (Wildman–Crippen LogP) is 6.27. The molecule has 27 heavy (non-hydrogen) atoms. The van der Waals surface area contributed by atoms with Crippen molar-refractivity contribution in [2.24, 2.45) is 0 Å². The molecule has 0 spiro atoms. The van der Waals surface area contributed by atoms with Crippen molar-refractivity contribution in [1.82, 2.24) is 9.97 Å². The van der Waals surface area contributed by atoms with Gasteiger partial charge in [0.2, 0.25) is 0 Å². The van der Waals surface area contributed by atoms with E-state index in [1.54, 1.807) is 18.2 Å². The Balaban J connectivity index is 0.000000221. The Labute approximate surface area is 167 Å². The maximum absolute atomic E-state index is 8.87. The van der Waals surface area contributed by atoms with Gasteiger partial charge in [-0.05, 0) is 83.0 Å². The van der Waals surface area contributed by atoms with Crippen molar-refractivity contribution in [3.05, 3.63) is 101 Å². The van der Waals surface area contributed by atoms with Gasteiger partial charge in [0, 0.05) is 23.5 Å². The fourth-order valence-corrected chi connectivity index (χ4v) is 2.88. The molecule has 0 radical (unpaired) electrons. The average molecular weight is 419 g/mol. The highest BCUT2D eigenvalue weighted by Gasteiger charge is 2.04. The van der Waals surface area contributed by atoms with Gasteiger partial charge in [0.05, 0.1) is 15.9 Å². The summed E-state index contributed by atoms with van der Waals surface area (Å²) in [7, 11) is 0. The number of para-hydroxylation sites is 1. The maximum Gasteiger partial charge on any atom is 0.129 e. The summed E-state index contributed by atoms with van der Waals surface area (Å²) in [5.74, 6) is 0.285. The van der Waals surface area contributed by atoms with Crippen molar-refractivity contribution in [1.29, 1.82) is 0 Å². The monoisotopic (exact) mass is 418 g/mol. The second-order valence-electron chi connectivity index (χ2n) is 5.97. The lowest BCUT2D eigenvalue weighted by molar-refractivity contribution is 0.472. The first-order chi connectivity index (χ1) is 13.1. The zero-order chi connectivity index (χ0) is 19.1. The van der Waals surface area contributed by atoms with Gasteiger partial charge in [-0.3, -0.25) is 9.97 Å². The Morgan fingerprint density at radius 2 is 1.22 bits per heavy atom. The van der Waals surface area contributed by atoms with Gasteiger partial charge < -0.3 is 5.11 Å². The van der Waals surface area contributed by atoms with Crippen LogP contribution in [-0.2, 0) is 0 Å². The van der Waals surface area contributed by atoms with Crippen molar-refractivity contribution in [3.8, 4) is 28.3 Å². The number of phenols is 1. The minimum atomic E-state index is 0.285. The molecule has 2 aromatic heterocycles. The molecule has 0 saturated carbocycles. The van der Waals surface area contributed by atoms with Gasteiger partial charge in [0.25, 0.3) is 0 Å². The summed E-state index contributed by atoms with van der Waals surface area (Å²) in [6.07, 6.45) is 3.64. The van der Waals surface area contributed by atoms with Crippen LogP contribution in [0.3, 0.4) is 0 Å². The highest BCUT2D eigenvalue weighted by molar-refractivity contribution is 9.10. The van der Waals surface area contributed by atoms with Crippen LogP contribution in [0.4, 0.5) is 0 Å². The lowest BCUT2D eigenvalue weighted by Gasteiger charge is -2.07. The number of aromatic hydroxyl groups is 1. The number of halogens is 1. The van der Waals surface area contributed by atoms with E-state index in [9.17, 15) is 0 Å². The van der Waals surface area contributed by atoms with Crippen LogP contribution in [0.1, 0.15) is 5.56 Å². The van der Waals surface area contributed by atoms with Gasteiger partial charge in [-0.15, -0.1) is 0 Å². The van der Waals surface area contributed by atoms with E-state index in [1.807, 2.05) is 54.9 Å². The molecule has 0 saturated heterocycles. The number of phenolic OH excluding ortho intramolecular Hbond substituents is 1. The molecule has 4 rings (SSSR count). The van der Waals surface area contributed by atoms with E-state index in [0.717, 1.165) is 27.0 Å². The minimum Gasteiger partial charge on any atom is -0.507 e. The summed E-state index contributed by atoms with van der Waals surface area (Å²) >= 11 is 3.15. The third-order valence-corrected chi connectivity index (χ3v) is 4.52. The largest absolute Gasteiger partial charge is 0.507 e. The first kappa shape index (κ1) is 18.8. The number of hydrogen-bond donors (Lipinski definition) is 1. The van der Waals surface area contributed by atoms with Crippen LogP contribution in [-0.4, -0.2) is 15.1 Å². The molecule has 0 atom stereocenters. The Morgan fingerprint density at radius 1 is 0.704 bits per heavy atom. The van der Waals surface area contributed by atoms with E-state index in [1.165, 1.54) is 5.56 Å². The number of aryl methyl sites for hydroxylation is 1. The third kappa shape index (κ3) is 5.25. The number of hydrogen-bond acceptors (Lipinski definition) is 3. The second kappa shape index (κ2) is 9.10. The fourth-order valence-electron chi connectivity index (χ4n) is 2.60. The highest BCUT2D eigenvalue weighted by Crippen LogP contribution is 2.25. The Morgan fingerprint density at radius 3 is 1.63 bits per heavy atom. The van der Waals surface area contributed by atoms with Gasteiger partial charge in [-0.2, -0.15) is 0 Å². The normalized spacial score (nSPS) is 10.0. The molecule has 1 N–H and O–H groups in total. The standard InChI is InChI=1S/C17H14N2.C6H5BrO/c1-13-10-14(16-6-2-4-8-18-16)12-15(11-13)17-7-3-5-9-19-17;7-5-3-1-2-4-6(5)8/h2-12H,1H3;1-4,8H. The molecule has 134 valence electrons. The van der Waals surface area contributed by atoms with E-state index in [4.69, 9.17) is 5.11 Å². The third-order valence-electron chi connectivity index (χ3n) is 3.85. The van der Waals surface area contributed by atoms with Crippen LogP contribution in [0, 0.1) is 6.92 Å². The summed E-state index contributed by atoms with van der Waals surface area (Å²) in [5, 5.41) is 8.87. The molecular weight excluding hydrogens is 400 g/mol. The van der Waals surface area contributed by atoms with Crippen LogP contribution < -0.4 is 0 Å². The van der Waals surface area contributed by atoms with Crippen LogP contribution in [0.5, 0.6) is 5.75 Å². The lowest BCUT2D eigenvalue weighted by atomic mass is 10.0. The topological polar surface area (TPSA) is 46.0 Å². The Kier molecular flexibility index (Phi) is 6.34. The van der Waals surface area contributed by atoms with Crippen LogP contribution in [0.25, 0.3) is 22.5 Å². The first-order valence-electron chi connectivity index (χ1n) is 8.51. The fraction of sp³-hybridized carbons (Fsp3) is 0.0435. The number of benzene rings is 2. The average Bonchev–Trinajstić information content (AvgIpc) is 2.72. The van der Waals surface area contributed by atoms with E-state index < -0.39 is 0 Å². The predicted molar refractivity (Wildman–Crippen MR) is 113 cm³/mol. The van der Waals surface area contributed by atoms with Gasteiger partial charge in [0.15, 0.2) is 0 Å². The highest BCUT2D eigenvalue weighted by atomic mass is 79.9. The number of nitrogens with zero attached hydrogens (tertiary/aromatic N) is 2. The van der Waals surface area contributed by atoms with Crippen LogP contribution in [0.2, 0.25) is 0 Å². The second-order valence-corrected chi connectivity index (χ2v) is 6.82. The molecule has 0 aliphatic heterocycles. The lowest BCUT2D eigenvalue weighted by Crippen LogP contribution is -1.87. The van der Waals surface area contributed by atoms with E-state index in [0.29, 0.717) is 0 Å². The number of pyridine rings is 2. The van der Waals surface area contributed by atoms with Gasteiger partial charge in [-0.1, -0.05) is 24.3 Å². The zero-order valence-corrected chi connectivity index (χ0v) is 16.5. The van der Waals surface area contributed by atoms with Crippen molar-refractivity contribution < 1.29 is 5.11 Å². The molecule has 0 bridgehead atoms. The summed E-state index contributed by atoms with van der Waals surface area (Å²) in [6, 6.07) is 25.4. The summed E-state index contributed by atoms with van der Waals surface area (Å²) in [4.78, 5) is 8.81. The van der Waals surface area contributed by atoms with E-state index in [-0.39, 0.29) is 5.75 Å². The molecule has 4 aromatic rings. The van der Waals surface area contributed by atoms with Gasteiger partial charge >= 0.3 is 0 Å². The summed E-state index contributed by atoms with van der Waals surface area (Å²) < 4.78 is 0.736. The van der Waals surface area contributed by atoms with Crippen LogP contribution in [0.15, 0.2) is 95.7 Å². The molecule has 0 unspecified atom stereocenters. The van der Waals surface area contributed by atoms with E-state index in [2.05, 4.69) is 51.0 Å². The summed E-state index contributed by atoms with van der Waals surface area (Å²) in [5.41, 5.74) is 5.44. The number of rotatable bonds is 2. The molecule has 0 aliphatic rings. The maximum atomic E-state index is 8.87. The van der Waals surface area contributed by atoms with Crippen molar-refractivity contribution in [2.45, 2.75) is 6.92 Å². The SMILES string of the molecule is Cc1cc(-c2ccccn2)cc(-c2ccccn2)c1.Oc1ccccc1Br. The molecule has 2 aromatic carbocycles. The molecule has 0 fully saturated rings. The van der Waals surface area contributed by atoms with Crippen molar-refractivity contribution in [3.63, 3.8) is 0 Å². The Hall–Kier alpha value is -2.98. The smallest absolute Gasteiger partial charge is 0.129 e. The molecule has 2 heterocycles. The first-order valence-corrected chi connectivity index (χ1v) is 9.31. The minimum absolute atomic E-state index is 0.285. The van der Waals surface area contributed by atoms with Crippen LogP contribution >= 0.6 is 15.9 Å². The number of aromatic nitrogens is 2. The molecule has 0 amide bonds. The quantitative estimate of drug-likeness (QED) is 0.416. The zero-order valence-electron chi connectivity index (χ0n) is 14.9. The van der Waals surface area contributed by atoms with Crippen molar-refractivity contribution >= 4 is 15.9 Å². The van der Waals surface area contributed by atoms with Crippen molar-refractivity contribution in [2.75, 3.05) is 0 Å². The van der Waals surface area contributed by atoms with Gasteiger partial charge in [0.1, 0.15) is 5.75 Å². The molecule has 3 nitrogen and oxygen atoms in total. The Bertz CT molecular complexity index is 926. The summed E-state index contributed by atoms with van der Waals surface area (Å²) in [6.45, 7) is 2.10. The van der Waals surface area contributed by atoms with Gasteiger partial charge in [-0.25, -0.2) is 0 Å². The molecule has 4 heteroatoms. The molecular formula is C23H19BrN2O.